The number of hydrogen-bond acceptors (Lipinski definition) is 7. The number of halogens is 1. The van der Waals surface area contributed by atoms with Gasteiger partial charge >= 0.3 is 5.97 Å². The fourth-order valence-electron chi connectivity index (χ4n) is 2.33. The van der Waals surface area contributed by atoms with Crippen LogP contribution >= 0.6 is 22.9 Å². The summed E-state index contributed by atoms with van der Waals surface area (Å²) in [4.78, 5) is 25.8. The molecule has 0 spiro atoms. The maximum absolute atomic E-state index is 12.6. The van der Waals surface area contributed by atoms with Gasteiger partial charge in [-0.2, -0.15) is 0 Å². The van der Waals surface area contributed by atoms with Crippen LogP contribution in [0.5, 0.6) is 0 Å². The van der Waals surface area contributed by atoms with Crippen molar-refractivity contribution >= 4 is 45.1 Å². The van der Waals surface area contributed by atoms with E-state index in [1.807, 2.05) is 45.9 Å². The van der Waals surface area contributed by atoms with Gasteiger partial charge in [-0.1, -0.05) is 17.7 Å². The number of ether oxygens (including phenoxy) is 1. The Bertz CT molecular complexity index is 938. The number of rotatable bonds is 4. The summed E-state index contributed by atoms with van der Waals surface area (Å²) in [5, 5.41) is 3.19. The minimum atomic E-state index is -0.621. The highest BCUT2D eigenvalue weighted by Crippen LogP contribution is 2.32. The van der Waals surface area contributed by atoms with E-state index in [-0.39, 0.29) is 11.7 Å². The number of hydrogen-bond donors (Lipinski definition) is 1. The molecule has 0 saturated carbocycles. The molecule has 1 atom stereocenters. The van der Waals surface area contributed by atoms with Gasteiger partial charge in [0.05, 0.1) is 26.3 Å². The number of carbonyl (C=O) groups is 1. The molecule has 0 radical (unpaired) electrons. The first kappa shape index (κ1) is 18.5. The second-order valence-corrected chi connectivity index (χ2v) is 8.47. The predicted molar refractivity (Wildman–Crippen MR) is 104 cm³/mol. The Morgan fingerprint density at radius 1 is 1.31 bits per heavy atom. The number of fused-ring (bicyclic) bond motifs is 1. The molecular weight excluding hydrogens is 372 g/mol. The van der Waals surface area contributed by atoms with Crippen molar-refractivity contribution in [2.24, 2.45) is 0 Å². The molecule has 136 valence electrons. The monoisotopic (exact) mass is 390 g/mol. The molecule has 8 heteroatoms. The Morgan fingerprint density at radius 2 is 2.08 bits per heavy atom. The smallest absolute Gasteiger partial charge is 0.359 e. The number of nitrogens with zero attached hydrogens (tertiary/aromatic N) is 3. The standard InChI is InChI=1S/C18H19ClN4O2S/c1-10(11-7-5-6-8-20-11)21-17-22-12-9-13(19)26-15(12)14(23-17)16(24)25-18(2,3)4/h5-10H,1-4H3,(H,21,22,23). The zero-order valence-corrected chi connectivity index (χ0v) is 16.5. The summed E-state index contributed by atoms with van der Waals surface area (Å²) in [6.45, 7) is 7.39. The molecule has 0 aromatic carbocycles. The molecule has 3 rings (SSSR count). The third kappa shape index (κ3) is 4.28. The minimum Gasteiger partial charge on any atom is -0.455 e. The number of aromatic nitrogens is 3. The highest BCUT2D eigenvalue weighted by atomic mass is 35.5. The third-order valence-electron chi connectivity index (χ3n) is 3.41. The van der Waals surface area contributed by atoms with Gasteiger partial charge in [0.2, 0.25) is 5.95 Å². The maximum Gasteiger partial charge on any atom is 0.359 e. The van der Waals surface area contributed by atoms with E-state index in [0.717, 1.165) is 5.69 Å². The molecule has 0 saturated heterocycles. The van der Waals surface area contributed by atoms with Crippen LogP contribution in [0.25, 0.3) is 10.2 Å². The molecule has 0 aliphatic rings. The molecule has 6 nitrogen and oxygen atoms in total. The van der Waals surface area contributed by atoms with Gasteiger partial charge in [0.25, 0.3) is 0 Å². The van der Waals surface area contributed by atoms with Crippen LogP contribution in [0.1, 0.15) is 49.9 Å². The van der Waals surface area contributed by atoms with Gasteiger partial charge in [0, 0.05) is 6.20 Å². The topological polar surface area (TPSA) is 77.0 Å². The second-order valence-electron chi connectivity index (χ2n) is 6.78. The first-order valence-electron chi connectivity index (χ1n) is 8.11. The van der Waals surface area contributed by atoms with Gasteiger partial charge in [-0.05, 0) is 45.9 Å². The Labute approximate surface area is 160 Å². The first-order valence-corrected chi connectivity index (χ1v) is 9.30. The van der Waals surface area contributed by atoms with Gasteiger partial charge in [0.1, 0.15) is 5.60 Å². The molecular formula is C18H19ClN4O2S. The van der Waals surface area contributed by atoms with Crippen molar-refractivity contribution in [2.75, 3.05) is 5.32 Å². The summed E-state index contributed by atoms with van der Waals surface area (Å²) in [7, 11) is 0. The molecule has 1 N–H and O–H groups in total. The van der Waals surface area contributed by atoms with Crippen LogP contribution in [0, 0.1) is 0 Å². The van der Waals surface area contributed by atoms with Crippen molar-refractivity contribution in [3.63, 3.8) is 0 Å². The number of esters is 1. The Kier molecular flexibility index (Phi) is 5.11. The Hall–Kier alpha value is -2.25. The van der Waals surface area contributed by atoms with Gasteiger partial charge in [-0.3, -0.25) is 4.98 Å². The largest absolute Gasteiger partial charge is 0.455 e. The summed E-state index contributed by atoms with van der Waals surface area (Å²) >= 11 is 7.37. The van der Waals surface area contributed by atoms with Gasteiger partial charge in [0.15, 0.2) is 5.69 Å². The fraction of sp³-hybridized carbons (Fsp3) is 0.333. The lowest BCUT2D eigenvalue weighted by Crippen LogP contribution is -2.25. The molecule has 0 fully saturated rings. The zero-order valence-electron chi connectivity index (χ0n) is 14.9. The number of nitrogens with one attached hydrogen (secondary N) is 1. The number of anilines is 1. The van der Waals surface area contributed by atoms with E-state index in [1.165, 1.54) is 11.3 Å². The van der Waals surface area contributed by atoms with Gasteiger partial charge < -0.3 is 10.1 Å². The summed E-state index contributed by atoms with van der Waals surface area (Å²) in [6, 6.07) is 7.26. The molecule has 3 aromatic rings. The van der Waals surface area contributed by atoms with Crippen molar-refractivity contribution in [3.05, 3.63) is 46.2 Å². The predicted octanol–water partition coefficient (Wildman–Crippen LogP) is 4.87. The average molecular weight is 391 g/mol. The van der Waals surface area contributed by atoms with Crippen molar-refractivity contribution in [1.82, 2.24) is 15.0 Å². The minimum absolute atomic E-state index is 0.130. The normalized spacial score (nSPS) is 12.8. The Morgan fingerprint density at radius 3 is 2.73 bits per heavy atom. The molecule has 3 heterocycles. The highest BCUT2D eigenvalue weighted by Gasteiger charge is 2.24. The zero-order chi connectivity index (χ0) is 18.9. The number of pyridine rings is 1. The van der Waals surface area contributed by atoms with Crippen molar-refractivity contribution in [1.29, 1.82) is 0 Å². The molecule has 0 amide bonds. The van der Waals surface area contributed by atoms with Crippen molar-refractivity contribution < 1.29 is 9.53 Å². The maximum atomic E-state index is 12.6. The quantitative estimate of drug-likeness (QED) is 0.640. The second kappa shape index (κ2) is 7.17. The summed E-state index contributed by atoms with van der Waals surface area (Å²) in [6.07, 6.45) is 1.72. The van der Waals surface area contributed by atoms with Crippen LogP contribution in [0.15, 0.2) is 30.5 Å². The highest BCUT2D eigenvalue weighted by molar-refractivity contribution is 7.22. The SMILES string of the molecule is CC(Nc1nc(C(=O)OC(C)(C)C)c2sc(Cl)cc2n1)c1ccccn1. The van der Waals surface area contributed by atoms with Crippen molar-refractivity contribution in [2.45, 2.75) is 39.3 Å². The summed E-state index contributed by atoms with van der Waals surface area (Å²) in [5.74, 6) is -0.178. The molecule has 0 aliphatic carbocycles. The van der Waals surface area contributed by atoms with E-state index >= 15 is 0 Å². The Balaban J connectivity index is 1.98. The lowest BCUT2D eigenvalue weighted by atomic mass is 10.2. The molecule has 26 heavy (non-hydrogen) atoms. The van der Waals surface area contributed by atoms with Gasteiger partial charge in [-0.25, -0.2) is 14.8 Å². The number of carbonyl (C=O) groups excluding carboxylic acids is 1. The van der Waals surface area contributed by atoms with E-state index in [1.54, 1.807) is 12.3 Å². The lowest BCUT2D eigenvalue weighted by Gasteiger charge is -2.19. The molecule has 1 unspecified atom stereocenters. The van der Waals surface area contributed by atoms with E-state index in [2.05, 4.69) is 20.3 Å². The van der Waals surface area contributed by atoms with Crippen LogP contribution in [-0.2, 0) is 4.74 Å². The van der Waals surface area contributed by atoms with Crippen LogP contribution in [0.3, 0.4) is 0 Å². The van der Waals surface area contributed by atoms with Crippen LogP contribution in [0.4, 0.5) is 5.95 Å². The lowest BCUT2D eigenvalue weighted by molar-refractivity contribution is 0.00656. The average Bonchev–Trinajstić information content (AvgIpc) is 2.93. The summed E-state index contributed by atoms with van der Waals surface area (Å²) < 4.78 is 6.63. The van der Waals surface area contributed by atoms with E-state index in [4.69, 9.17) is 16.3 Å². The van der Waals surface area contributed by atoms with E-state index in [0.29, 0.717) is 20.5 Å². The third-order valence-corrected chi connectivity index (χ3v) is 4.67. The fourth-order valence-corrected chi connectivity index (χ4v) is 3.46. The van der Waals surface area contributed by atoms with Gasteiger partial charge in [-0.15, -0.1) is 11.3 Å². The molecule has 3 aromatic heterocycles. The number of thiophene rings is 1. The van der Waals surface area contributed by atoms with Crippen LogP contribution < -0.4 is 5.32 Å². The first-order chi connectivity index (χ1) is 12.2. The van der Waals surface area contributed by atoms with Crippen LogP contribution in [0.2, 0.25) is 4.34 Å². The summed E-state index contributed by atoms with van der Waals surface area (Å²) in [5.41, 5.74) is 1.03. The van der Waals surface area contributed by atoms with E-state index < -0.39 is 11.6 Å². The van der Waals surface area contributed by atoms with Crippen molar-refractivity contribution in [3.8, 4) is 0 Å². The molecule has 0 aliphatic heterocycles. The van der Waals surface area contributed by atoms with E-state index in [9.17, 15) is 4.79 Å². The van der Waals surface area contributed by atoms with Crippen LogP contribution in [-0.4, -0.2) is 26.5 Å². The molecule has 0 bridgehead atoms.